The molecule has 1 fully saturated rings. The maximum atomic E-state index is 6.13. The van der Waals surface area contributed by atoms with Gasteiger partial charge in [-0.15, -0.1) is 0 Å². The van der Waals surface area contributed by atoms with E-state index in [2.05, 4.69) is 24.7 Å². The van der Waals surface area contributed by atoms with Crippen molar-refractivity contribution in [2.45, 2.75) is 45.6 Å². The van der Waals surface area contributed by atoms with Gasteiger partial charge in [-0.05, 0) is 57.3 Å². The summed E-state index contributed by atoms with van der Waals surface area (Å²) in [5.74, 6) is 2.47. The molecule has 0 radical (unpaired) electrons. The van der Waals surface area contributed by atoms with E-state index in [1.165, 1.54) is 18.5 Å². The number of rotatable bonds is 5. The fourth-order valence-corrected chi connectivity index (χ4v) is 3.17. The van der Waals surface area contributed by atoms with E-state index in [0.29, 0.717) is 6.10 Å². The minimum Gasteiger partial charge on any atom is -0.401 e. The number of fused-ring (bicyclic) bond motifs is 1. The van der Waals surface area contributed by atoms with Gasteiger partial charge in [-0.1, -0.05) is 0 Å². The fourth-order valence-electron chi connectivity index (χ4n) is 3.17. The Morgan fingerprint density at radius 3 is 2.56 bits per heavy atom. The van der Waals surface area contributed by atoms with E-state index in [1.54, 1.807) is 0 Å². The van der Waals surface area contributed by atoms with Crippen molar-refractivity contribution in [2.24, 2.45) is 23.5 Å². The zero-order valence-electron chi connectivity index (χ0n) is 11.8. The van der Waals surface area contributed by atoms with Gasteiger partial charge in [0.05, 0.1) is 12.7 Å². The normalized spacial score (nSPS) is 35.9. The summed E-state index contributed by atoms with van der Waals surface area (Å²) in [5, 5.41) is 0. The predicted octanol–water partition coefficient (Wildman–Crippen LogP) is 1.74. The Morgan fingerprint density at radius 1 is 1.28 bits per heavy atom. The van der Waals surface area contributed by atoms with Crippen LogP contribution < -0.4 is 16.6 Å². The molecule has 2 rings (SSSR count). The fraction of sp³-hybridized carbons (Fsp3) is 0.857. The largest absolute Gasteiger partial charge is 0.401 e. The summed E-state index contributed by atoms with van der Waals surface area (Å²) in [6.07, 6.45) is 4.88. The minimum atomic E-state index is 0.349. The topological polar surface area (TPSA) is 59.3 Å². The maximum absolute atomic E-state index is 6.13. The van der Waals surface area contributed by atoms with Crippen molar-refractivity contribution in [1.82, 2.24) is 10.9 Å². The lowest BCUT2D eigenvalue weighted by Gasteiger charge is -2.16. The molecule has 1 saturated carbocycles. The van der Waals surface area contributed by atoms with Crippen molar-refractivity contribution in [2.75, 3.05) is 13.7 Å². The van der Waals surface area contributed by atoms with Gasteiger partial charge in [-0.25, -0.2) is 5.43 Å². The number of hydrazine groups is 1. The first-order chi connectivity index (χ1) is 8.63. The first-order valence-corrected chi connectivity index (χ1v) is 7.15. The molecule has 104 valence electrons. The number of allylic oxidation sites excluding steroid dienone is 2. The highest BCUT2D eigenvalue weighted by molar-refractivity contribution is 5.13. The first kappa shape index (κ1) is 13.7. The maximum Gasteiger partial charge on any atom is 0.0519 e. The Hall–Kier alpha value is -0.740. The van der Waals surface area contributed by atoms with Gasteiger partial charge >= 0.3 is 0 Å². The van der Waals surface area contributed by atoms with Crippen molar-refractivity contribution in [1.29, 1.82) is 0 Å². The Morgan fingerprint density at radius 2 is 1.94 bits per heavy atom. The molecule has 4 nitrogen and oxygen atoms in total. The Bertz CT molecular complexity index is 314. The highest BCUT2D eigenvalue weighted by atomic mass is 16.5. The zero-order chi connectivity index (χ0) is 13.1. The van der Waals surface area contributed by atoms with E-state index in [9.17, 15) is 0 Å². The van der Waals surface area contributed by atoms with Gasteiger partial charge in [0.15, 0.2) is 0 Å². The summed E-state index contributed by atoms with van der Waals surface area (Å²) < 4.78 is 5.77. The van der Waals surface area contributed by atoms with E-state index >= 15 is 0 Å². The van der Waals surface area contributed by atoms with E-state index < -0.39 is 0 Å². The molecule has 0 aromatic heterocycles. The zero-order valence-corrected chi connectivity index (χ0v) is 11.8. The van der Waals surface area contributed by atoms with Gasteiger partial charge in [-0.3, -0.25) is 0 Å². The second kappa shape index (κ2) is 5.93. The number of nitrogens with two attached hydrogens (primary N) is 1. The second-order valence-corrected chi connectivity index (χ2v) is 5.83. The summed E-state index contributed by atoms with van der Waals surface area (Å²) in [4.78, 5) is 0. The minimum absolute atomic E-state index is 0.349. The monoisotopic (exact) mass is 253 g/mol. The van der Waals surface area contributed by atoms with Gasteiger partial charge in [0.1, 0.15) is 0 Å². The van der Waals surface area contributed by atoms with Crippen LogP contribution in [0.1, 0.15) is 39.5 Å². The van der Waals surface area contributed by atoms with E-state index in [-0.39, 0.29) is 0 Å². The van der Waals surface area contributed by atoms with Crippen LogP contribution in [0.3, 0.4) is 0 Å². The lowest BCUT2D eigenvalue weighted by Crippen LogP contribution is -2.29. The van der Waals surface area contributed by atoms with Crippen LogP contribution >= 0.6 is 0 Å². The van der Waals surface area contributed by atoms with Crippen LogP contribution in [0.2, 0.25) is 0 Å². The molecular weight excluding hydrogens is 226 g/mol. The molecule has 4 N–H and O–H groups in total. The summed E-state index contributed by atoms with van der Waals surface area (Å²) in [6.45, 7) is 5.15. The Balaban J connectivity index is 1.85. The molecule has 4 heteroatoms. The third kappa shape index (κ3) is 3.18. The van der Waals surface area contributed by atoms with E-state index in [4.69, 9.17) is 10.5 Å². The number of ether oxygens (including phenoxy) is 1. The van der Waals surface area contributed by atoms with Crippen LogP contribution in [0, 0.1) is 17.8 Å². The number of hydrogen-bond donors (Lipinski definition) is 3. The van der Waals surface area contributed by atoms with E-state index in [1.807, 2.05) is 7.05 Å². The Labute approximate surface area is 110 Å². The summed E-state index contributed by atoms with van der Waals surface area (Å²) >= 11 is 0. The summed E-state index contributed by atoms with van der Waals surface area (Å²) in [6, 6.07) is 0. The van der Waals surface area contributed by atoms with Crippen LogP contribution in [0.5, 0.6) is 0 Å². The predicted molar refractivity (Wildman–Crippen MR) is 73.4 cm³/mol. The summed E-state index contributed by atoms with van der Waals surface area (Å²) in [7, 11) is 1.89. The average Bonchev–Trinajstić information content (AvgIpc) is 2.98. The van der Waals surface area contributed by atoms with Gasteiger partial charge in [0.25, 0.3) is 0 Å². The van der Waals surface area contributed by atoms with Crippen LogP contribution in [0.15, 0.2) is 11.4 Å². The highest BCUT2D eigenvalue weighted by Gasteiger charge is 2.49. The van der Waals surface area contributed by atoms with Crippen LogP contribution in [-0.4, -0.2) is 19.8 Å². The SMILES string of the molecule is CNN/C1=C(\N)CCC2C(CC1)C2COC(C)C. The molecular formula is C14H27N3O. The van der Waals surface area contributed by atoms with Crippen molar-refractivity contribution < 1.29 is 4.74 Å². The lowest BCUT2D eigenvalue weighted by molar-refractivity contribution is 0.0656. The third-order valence-electron chi connectivity index (χ3n) is 4.27. The summed E-state index contributed by atoms with van der Waals surface area (Å²) in [5.41, 5.74) is 14.5. The molecule has 0 aliphatic heterocycles. The van der Waals surface area contributed by atoms with Gasteiger partial charge in [-0.2, -0.15) is 0 Å². The molecule has 3 unspecified atom stereocenters. The van der Waals surface area contributed by atoms with Crippen molar-refractivity contribution in [3.63, 3.8) is 0 Å². The molecule has 0 saturated heterocycles. The van der Waals surface area contributed by atoms with Gasteiger partial charge < -0.3 is 15.9 Å². The van der Waals surface area contributed by atoms with Crippen LogP contribution in [-0.2, 0) is 4.74 Å². The second-order valence-electron chi connectivity index (χ2n) is 5.83. The van der Waals surface area contributed by atoms with Crippen molar-refractivity contribution >= 4 is 0 Å². The number of hydrogen-bond acceptors (Lipinski definition) is 4. The smallest absolute Gasteiger partial charge is 0.0519 e. The van der Waals surface area contributed by atoms with Gasteiger partial charge in [0, 0.05) is 18.4 Å². The molecule has 0 amide bonds. The van der Waals surface area contributed by atoms with Crippen LogP contribution in [0.25, 0.3) is 0 Å². The Kier molecular flexibility index (Phi) is 4.51. The molecule has 0 aromatic carbocycles. The standard InChI is InChI=1S/C14H27N3O/c1-9(2)18-8-12-10-4-6-13(15)14(17-16-3)7-5-11(10)12/h9-12,16-17H,4-8,15H2,1-3H3/b14-13-. The molecule has 2 aliphatic rings. The lowest BCUT2D eigenvalue weighted by atomic mass is 10.0. The van der Waals surface area contributed by atoms with Crippen LogP contribution in [0.4, 0.5) is 0 Å². The molecule has 0 bridgehead atoms. The molecule has 3 atom stereocenters. The van der Waals surface area contributed by atoms with E-state index in [0.717, 1.165) is 42.9 Å². The molecule has 18 heavy (non-hydrogen) atoms. The average molecular weight is 253 g/mol. The molecule has 2 aliphatic carbocycles. The third-order valence-corrected chi connectivity index (χ3v) is 4.27. The quantitative estimate of drug-likeness (QED) is 0.653. The molecule has 0 spiro atoms. The van der Waals surface area contributed by atoms with Crippen molar-refractivity contribution in [3.8, 4) is 0 Å². The molecule has 0 aromatic rings. The number of nitrogens with one attached hydrogen (secondary N) is 2. The first-order valence-electron chi connectivity index (χ1n) is 7.15. The van der Waals surface area contributed by atoms with Crippen molar-refractivity contribution in [3.05, 3.63) is 11.4 Å². The highest BCUT2D eigenvalue weighted by Crippen LogP contribution is 2.53. The molecule has 0 heterocycles. The van der Waals surface area contributed by atoms with Gasteiger partial charge in [0.2, 0.25) is 0 Å².